The Morgan fingerprint density at radius 2 is 2.36 bits per heavy atom. The molecular formula is C10H16N2OS. The second-order valence-electron chi connectivity index (χ2n) is 3.44. The zero-order valence-electron chi connectivity index (χ0n) is 8.54. The molecule has 0 aromatic carbocycles. The molecule has 0 aliphatic rings. The van der Waals surface area contributed by atoms with Crippen LogP contribution in [0.4, 0.5) is 5.69 Å². The third-order valence-electron chi connectivity index (χ3n) is 2.16. The summed E-state index contributed by atoms with van der Waals surface area (Å²) >= 11 is 1.59. The fourth-order valence-corrected chi connectivity index (χ4v) is 1.91. The molecule has 0 bridgehead atoms. The summed E-state index contributed by atoms with van der Waals surface area (Å²) in [6.45, 7) is 4.43. The van der Waals surface area contributed by atoms with Gasteiger partial charge in [0.05, 0.1) is 5.69 Å². The van der Waals surface area contributed by atoms with E-state index in [-0.39, 0.29) is 11.8 Å². The molecule has 0 spiro atoms. The van der Waals surface area contributed by atoms with Crippen molar-refractivity contribution in [2.75, 3.05) is 11.9 Å². The number of carbonyl (C=O) groups excluding carboxylic acids is 1. The summed E-state index contributed by atoms with van der Waals surface area (Å²) in [6.07, 6.45) is 0.731. The van der Waals surface area contributed by atoms with Crippen molar-refractivity contribution in [2.24, 2.45) is 11.7 Å². The normalized spacial score (nSPS) is 12.5. The van der Waals surface area contributed by atoms with Gasteiger partial charge in [0, 0.05) is 11.3 Å². The minimum atomic E-state index is -0.0145. The third-order valence-corrected chi connectivity index (χ3v) is 3.02. The number of carbonyl (C=O) groups is 1. The van der Waals surface area contributed by atoms with Crippen molar-refractivity contribution in [2.45, 2.75) is 20.3 Å². The highest BCUT2D eigenvalue weighted by atomic mass is 32.1. The van der Waals surface area contributed by atoms with E-state index in [1.54, 1.807) is 11.3 Å². The van der Waals surface area contributed by atoms with E-state index in [0.29, 0.717) is 6.54 Å². The van der Waals surface area contributed by atoms with E-state index in [4.69, 9.17) is 5.73 Å². The van der Waals surface area contributed by atoms with E-state index in [1.807, 2.05) is 24.6 Å². The third kappa shape index (κ3) is 2.82. The van der Waals surface area contributed by atoms with Crippen LogP contribution in [0.25, 0.3) is 0 Å². The average molecular weight is 212 g/mol. The largest absolute Gasteiger partial charge is 0.330 e. The summed E-state index contributed by atoms with van der Waals surface area (Å²) in [6, 6.07) is 0. The van der Waals surface area contributed by atoms with Crippen LogP contribution < -0.4 is 11.1 Å². The Morgan fingerprint density at radius 3 is 2.86 bits per heavy atom. The second-order valence-corrected chi connectivity index (χ2v) is 4.18. The summed E-state index contributed by atoms with van der Waals surface area (Å²) in [5.41, 5.74) is 7.43. The maximum atomic E-state index is 11.6. The number of nitrogens with one attached hydrogen (secondary N) is 1. The van der Waals surface area contributed by atoms with Crippen LogP contribution in [0.2, 0.25) is 0 Å². The Kier molecular flexibility index (Phi) is 4.10. The minimum absolute atomic E-state index is 0.0145. The van der Waals surface area contributed by atoms with Gasteiger partial charge in [0.25, 0.3) is 0 Å². The van der Waals surface area contributed by atoms with E-state index < -0.39 is 0 Å². The van der Waals surface area contributed by atoms with Crippen LogP contribution in [0, 0.1) is 12.8 Å². The Bertz CT molecular complexity index is 309. The van der Waals surface area contributed by atoms with Crippen molar-refractivity contribution < 1.29 is 4.79 Å². The smallest absolute Gasteiger partial charge is 0.227 e. The maximum Gasteiger partial charge on any atom is 0.227 e. The molecule has 1 atom stereocenters. The van der Waals surface area contributed by atoms with Crippen molar-refractivity contribution in [3.05, 3.63) is 16.3 Å². The van der Waals surface area contributed by atoms with Gasteiger partial charge in [0.1, 0.15) is 0 Å². The standard InChI is InChI=1S/C10H16N2OS/c1-7(3-4-11)10(13)12-9-6-14-5-8(9)2/h5-7H,3-4,11H2,1-2H3,(H,12,13). The molecule has 1 unspecified atom stereocenters. The number of rotatable bonds is 4. The number of thiophene rings is 1. The van der Waals surface area contributed by atoms with Crippen LogP contribution in [0.15, 0.2) is 10.8 Å². The Morgan fingerprint density at radius 1 is 1.64 bits per heavy atom. The number of aryl methyl sites for hydroxylation is 1. The number of hydrogen-bond acceptors (Lipinski definition) is 3. The van der Waals surface area contributed by atoms with Crippen molar-refractivity contribution in [3.8, 4) is 0 Å². The predicted molar refractivity (Wildman–Crippen MR) is 60.5 cm³/mol. The van der Waals surface area contributed by atoms with Crippen LogP contribution in [0.3, 0.4) is 0 Å². The molecule has 1 aromatic rings. The molecule has 0 aliphatic carbocycles. The molecule has 3 N–H and O–H groups in total. The molecule has 0 aliphatic heterocycles. The fourth-order valence-electron chi connectivity index (χ4n) is 1.13. The van der Waals surface area contributed by atoms with E-state index in [9.17, 15) is 4.79 Å². The highest BCUT2D eigenvalue weighted by molar-refractivity contribution is 7.08. The lowest BCUT2D eigenvalue weighted by atomic mass is 10.1. The first-order valence-corrected chi connectivity index (χ1v) is 5.63. The average Bonchev–Trinajstić information content (AvgIpc) is 2.52. The molecule has 1 rings (SSSR count). The van der Waals surface area contributed by atoms with Crippen molar-refractivity contribution in [1.82, 2.24) is 0 Å². The lowest BCUT2D eigenvalue weighted by Gasteiger charge is -2.10. The van der Waals surface area contributed by atoms with Gasteiger partial charge in [-0.15, -0.1) is 11.3 Å². The molecule has 78 valence electrons. The van der Waals surface area contributed by atoms with Crippen LogP contribution in [0.5, 0.6) is 0 Å². The first-order chi connectivity index (χ1) is 6.65. The van der Waals surface area contributed by atoms with Gasteiger partial charge in [-0.05, 0) is 30.8 Å². The molecule has 0 fully saturated rings. The highest BCUT2D eigenvalue weighted by Gasteiger charge is 2.12. The predicted octanol–water partition coefficient (Wildman–Crippen LogP) is 1.98. The molecule has 0 saturated carbocycles. The SMILES string of the molecule is Cc1cscc1NC(=O)C(C)CCN. The Balaban J connectivity index is 2.53. The zero-order chi connectivity index (χ0) is 10.6. The first kappa shape index (κ1) is 11.2. The van der Waals surface area contributed by atoms with Gasteiger partial charge in [-0.25, -0.2) is 0 Å². The molecule has 4 heteroatoms. The quantitative estimate of drug-likeness (QED) is 0.801. The van der Waals surface area contributed by atoms with Gasteiger partial charge < -0.3 is 11.1 Å². The van der Waals surface area contributed by atoms with Gasteiger partial charge in [-0.1, -0.05) is 6.92 Å². The summed E-state index contributed by atoms with van der Waals surface area (Å²) in [5.74, 6) is 0.0382. The summed E-state index contributed by atoms with van der Waals surface area (Å²) < 4.78 is 0. The molecule has 1 heterocycles. The van der Waals surface area contributed by atoms with Crippen LogP contribution in [0.1, 0.15) is 18.9 Å². The van der Waals surface area contributed by atoms with Crippen LogP contribution in [-0.4, -0.2) is 12.5 Å². The van der Waals surface area contributed by atoms with E-state index in [1.165, 1.54) is 0 Å². The molecule has 0 radical (unpaired) electrons. The first-order valence-electron chi connectivity index (χ1n) is 4.69. The molecule has 1 amide bonds. The monoisotopic (exact) mass is 212 g/mol. The van der Waals surface area contributed by atoms with E-state index >= 15 is 0 Å². The Hall–Kier alpha value is -0.870. The number of amides is 1. The maximum absolute atomic E-state index is 11.6. The number of hydrogen-bond donors (Lipinski definition) is 2. The van der Waals surface area contributed by atoms with Gasteiger partial charge in [0.2, 0.25) is 5.91 Å². The van der Waals surface area contributed by atoms with Gasteiger partial charge in [0.15, 0.2) is 0 Å². The number of nitrogens with two attached hydrogens (primary N) is 1. The van der Waals surface area contributed by atoms with Crippen molar-refractivity contribution in [3.63, 3.8) is 0 Å². The molecule has 0 saturated heterocycles. The fraction of sp³-hybridized carbons (Fsp3) is 0.500. The van der Waals surface area contributed by atoms with Crippen LogP contribution in [-0.2, 0) is 4.79 Å². The molecule has 1 aromatic heterocycles. The molecule has 3 nitrogen and oxygen atoms in total. The topological polar surface area (TPSA) is 55.1 Å². The van der Waals surface area contributed by atoms with Gasteiger partial charge in [-0.3, -0.25) is 4.79 Å². The number of anilines is 1. The summed E-state index contributed by atoms with van der Waals surface area (Å²) in [5, 5.41) is 6.85. The van der Waals surface area contributed by atoms with E-state index in [0.717, 1.165) is 17.7 Å². The van der Waals surface area contributed by atoms with Crippen LogP contribution >= 0.6 is 11.3 Å². The minimum Gasteiger partial charge on any atom is -0.330 e. The van der Waals surface area contributed by atoms with Crippen molar-refractivity contribution in [1.29, 1.82) is 0 Å². The summed E-state index contributed by atoms with van der Waals surface area (Å²) in [4.78, 5) is 11.6. The highest BCUT2D eigenvalue weighted by Crippen LogP contribution is 2.20. The van der Waals surface area contributed by atoms with Gasteiger partial charge in [-0.2, -0.15) is 0 Å². The lowest BCUT2D eigenvalue weighted by molar-refractivity contribution is -0.119. The molecular weight excluding hydrogens is 196 g/mol. The van der Waals surface area contributed by atoms with E-state index in [2.05, 4.69) is 5.32 Å². The van der Waals surface area contributed by atoms with Crippen molar-refractivity contribution >= 4 is 22.9 Å². The molecule has 14 heavy (non-hydrogen) atoms. The summed E-state index contributed by atoms with van der Waals surface area (Å²) in [7, 11) is 0. The lowest BCUT2D eigenvalue weighted by Crippen LogP contribution is -2.22. The Labute approximate surface area is 88.3 Å². The van der Waals surface area contributed by atoms with Gasteiger partial charge >= 0.3 is 0 Å². The second kappa shape index (κ2) is 5.12. The zero-order valence-corrected chi connectivity index (χ0v) is 9.36.